The lowest BCUT2D eigenvalue weighted by atomic mass is 9.85. The molecule has 0 aromatic heterocycles. The number of nitrogens with one attached hydrogen (secondary N) is 2. The van der Waals surface area contributed by atoms with E-state index in [9.17, 15) is 29.4 Å². The largest absolute Gasteiger partial charge is 0.484 e. The van der Waals surface area contributed by atoms with Crippen LogP contribution < -0.4 is 29.7 Å². The normalized spacial score (nSPS) is 19.5. The van der Waals surface area contributed by atoms with Gasteiger partial charge in [-0.05, 0) is 66.8 Å². The highest BCUT2D eigenvalue weighted by Gasteiger charge is 2.49. The van der Waals surface area contributed by atoms with E-state index < -0.39 is 35.2 Å². The summed E-state index contributed by atoms with van der Waals surface area (Å²) in [4.78, 5) is 51.9. The van der Waals surface area contributed by atoms with Gasteiger partial charge in [-0.2, -0.15) is 0 Å². The lowest BCUT2D eigenvalue weighted by molar-refractivity contribution is -0.142. The van der Waals surface area contributed by atoms with Crippen LogP contribution in [0, 0.1) is 12.8 Å². The zero-order chi connectivity index (χ0) is 35.9. The van der Waals surface area contributed by atoms with Crippen molar-refractivity contribution in [2.75, 3.05) is 30.6 Å². The van der Waals surface area contributed by atoms with Crippen molar-refractivity contribution in [1.82, 2.24) is 10.6 Å². The molecule has 1 saturated heterocycles. The number of β-lactam (4-membered cyclic amide) rings is 1. The lowest BCUT2D eigenvalue weighted by Gasteiger charge is -2.47. The number of hydrogen-bond donors (Lipinski definition) is 4. The molecule has 4 N–H and O–H groups in total. The van der Waals surface area contributed by atoms with Crippen LogP contribution >= 0.6 is 11.8 Å². The summed E-state index contributed by atoms with van der Waals surface area (Å²) in [5.41, 5.74) is 3.38. The second-order valence-corrected chi connectivity index (χ2v) is 14.4. The number of aryl methyl sites for hydroxylation is 1. The number of thioether (sulfide) groups is 1. The van der Waals surface area contributed by atoms with Gasteiger partial charge in [0.15, 0.2) is 18.1 Å². The van der Waals surface area contributed by atoms with Crippen LogP contribution in [0.3, 0.4) is 0 Å². The molecule has 3 unspecified atom stereocenters. The Morgan fingerprint density at radius 2 is 1.69 bits per heavy atom. The molecule has 2 fully saturated rings. The van der Waals surface area contributed by atoms with Crippen LogP contribution in [0.25, 0.3) is 0 Å². The second kappa shape index (κ2) is 16.5. The highest BCUT2D eigenvalue weighted by atomic mass is 32.2. The van der Waals surface area contributed by atoms with Gasteiger partial charge in [-0.1, -0.05) is 68.0 Å². The molecule has 0 bridgehead atoms. The maximum Gasteiger partial charge on any atom is 0.326 e. The van der Waals surface area contributed by atoms with E-state index in [4.69, 9.17) is 14.2 Å². The summed E-state index contributed by atoms with van der Waals surface area (Å²) >= 11 is 1.39. The van der Waals surface area contributed by atoms with Gasteiger partial charge in [0, 0.05) is 11.4 Å². The van der Waals surface area contributed by atoms with Gasteiger partial charge < -0.3 is 40.0 Å². The molecule has 0 spiro atoms. The van der Waals surface area contributed by atoms with E-state index in [0.29, 0.717) is 35.0 Å². The van der Waals surface area contributed by atoms with Gasteiger partial charge in [0.2, 0.25) is 18.6 Å². The van der Waals surface area contributed by atoms with Crippen LogP contribution in [0.15, 0.2) is 66.7 Å². The number of amides is 3. The van der Waals surface area contributed by atoms with Gasteiger partial charge in [-0.15, -0.1) is 11.8 Å². The standard InChI is InChI=1S/C38H43N3O9S/c1-23-7-12-27(13-8-23)41-35(36(37(41)45)51-21-30(42)26-11-16-31-32(18-26)50-22-49-31)25-9-14-28(15-10-25)48-20-34(44)39-19-33(43)40-29(38(46)47)17-24-5-3-2-4-6-24/h7-16,18,24,29-30,35-36,42H,2-6,17,19-22H2,1H3,(H,39,44)(H,40,43)(H,46,47)/t29-,30?,35?,36?/m1/s1. The molecule has 0 radical (unpaired) electrons. The third-order valence-electron chi connectivity index (χ3n) is 9.54. The number of ether oxygens (including phenoxy) is 3. The number of fused-ring (bicyclic) bond motifs is 1. The summed E-state index contributed by atoms with van der Waals surface area (Å²) < 4.78 is 16.5. The topological polar surface area (TPSA) is 164 Å². The maximum absolute atomic E-state index is 13.5. The third kappa shape index (κ3) is 8.95. The van der Waals surface area contributed by atoms with E-state index in [-0.39, 0.29) is 37.8 Å². The van der Waals surface area contributed by atoms with Crippen molar-refractivity contribution in [3.05, 3.63) is 83.4 Å². The van der Waals surface area contributed by atoms with Gasteiger partial charge in [0.05, 0.1) is 18.7 Å². The number of nitrogens with zero attached hydrogens (tertiary/aromatic N) is 1. The number of aliphatic hydroxyl groups is 1. The molecule has 3 aromatic rings. The van der Waals surface area contributed by atoms with E-state index >= 15 is 0 Å². The summed E-state index contributed by atoms with van der Waals surface area (Å²) in [5.74, 6) is -0.0325. The van der Waals surface area contributed by atoms with E-state index in [1.165, 1.54) is 11.8 Å². The highest BCUT2D eigenvalue weighted by molar-refractivity contribution is 8.00. The lowest BCUT2D eigenvalue weighted by Crippen LogP contribution is -2.57. The fourth-order valence-corrected chi connectivity index (χ4v) is 8.02. The Morgan fingerprint density at radius 3 is 2.41 bits per heavy atom. The Kier molecular flexibility index (Phi) is 11.7. The van der Waals surface area contributed by atoms with Crippen molar-refractivity contribution in [2.45, 2.75) is 68.9 Å². The first-order valence-corrected chi connectivity index (χ1v) is 18.3. The van der Waals surface area contributed by atoms with Gasteiger partial charge in [-0.3, -0.25) is 14.4 Å². The molecular formula is C38H43N3O9S. The fraction of sp³-hybridized carbons (Fsp3) is 0.421. The molecule has 270 valence electrons. The summed E-state index contributed by atoms with van der Waals surface area (Å²) in [7, 11) is 0. The minimum absolute atomic E-state index is 0.0589. The van der Waals surface area contributed by atoms with Crippen LogP contribution in [0.4, 0.5) is 5.69 Å². The van der Waals surface area contributed by atoms with E-state index in [1.54, 1.807) is 35.2 Å². The van der Waals surface area contributed by atoms with Crippen LogP contribution in [-0.2, 0) is 19.2 Å². The molecule has 1 aliphatic carbocycles. The first kappa shape index (κ1) is 36.1. The van der Waals surface area contributed by atoms with E-state index in [0.717, 1.165) is 48.9 Å². The monoisotopic (exact) mass is 717 g/mol. The van der Waals surface area contributed by atoms with Crippen molar-refractivity contribution in [2.24, 2.45) is 5.92 Å². The van der Waals surface area contributed by atoms with Crippen molar-refractivity contribution >= 4 is 41.1 Å². The molecule has 3 aromatic carbocycles. The smallest absolute Gasteiger partial charge is 0.326 e. The molecular weight excluding hydrogens is 674 g/mol. The van der Waals surface area contributed by atoms with Gasteiger partial charge in [-0.25, -0.2) is 4.79 Å². The molecule has 3 aliphatic rings. The predicted molar refractivity (Wildman–Crippen MR) is 191 cm³/mol. The summed E-state index contributed by atoms with van der Waals surface area (Å²) in [6, 6.07) is 18.9. The molecule has 2 aliphatic heterocycles. The van der Waals surface area contributed by atoms with E-state index in [1.807, 2.05) is 43.3 Å². The van der Waals surface area contributed by atoms with Crippen molar-refractivity contribution in [3.8, 4) is 17.2 Å². The average Bonchev–Trinajstić information content (AvgIpc) is 3.61. The molecule has 12 nitrogen and oxygen atoms in total. The molecule has 4 atom stereocenters. The molecule has 13 heteroatoms. The first-order valence-electron chi connectivity index (χ1n) is 17.3. The second-order valence-electron chi connectivity index (χ2n) is 13.2. The van der Waals surface area contributed by atoms with E-state index in [2.05, 4.69) is 10.6 Å². The number of carboxylic acid groups (broad SMARTS) is 1. The van der Waals surface area contributed by atoms with Crippen LogP contribution in [0.2, 0.25) is 0 Å². The summed E-state index contributed by atoms with van der Waals surface area (Å²) in [6.07, 6.45) is 4.79. The van der Waals surface area contributed by atoms with Crippen LogP contribution in [-0.4, -0.2) is 70.9 Å². The van der Waals surface area contributed by atoms with Gasteiger partial charge in [0.1, 0.15) is 17.0 Å². The maximum atomic E-state index is 13.5. The fourth-order valence-electron chi connectivity index (χ4n) is 6.72. The number of aliphatic hydroxyl groups excluding tert-OH is 1. The third-order valence-corrected chi connectivity index (χ3v) is 10.9. The van der Waals surface area contributed by atoms with Crippen molar-refractivity contribution in [3.63, 3.8) is 0 Å². The Hall–Kier alpha value is -4.75. The van der Waals surface area contributed by atoms with Gasteiger partial charge in [0.25, 0.3) is 5.91 Å². The number of carboxylic acids is 1. The molecule has 2 heterocycles. The molecule has 3 amide bonds. The average molecular weight is 718 g/mol. The predicted octanol–water partition coefficient (Wildman–Crippen LogP) is 4.68. The molecule has 1 saturated carbocycles. The molecule has 6 rings (SSSR count). The van der Waals surface area contributed by atoms with Crippen molar-refractivity contribution in [1.29, 1.82) is 0 Å². The zero-order valence-corrected chi connectivity index (χ0v) is 29.2. The van der Waals surface area contributed by atoms with Crippen molar-refractivity contribution < 1.29 is 43.6 Å². The van der Waals surface area contributed by atoms with Gasteiger partial charge >= 0.3 is 5.97 Å². The quantitative estimate of drug-likeness (QED) is 0.162. The first-order chi connectivity index (χ1) is 24.7. The van der Waals surface area contributed by atoms with Crippen LogP contribution in [0.1, 0.15) is 67.4 Å². The molecule has 51 heavy (non-hydrogen) atoms. The number of carbonyl (C=O) groups is 4. The Morgan fingerprint density at radius 1 is 0.961 bits per heavy atom. The number of carbonyl (C=O) groups excluding carboxylic acids is 3. The summed E-state index contributed by atoms with van der Waals surface area (Å²) in [5, 5.41) is 25.1. The Labute approximate surface area is 300 Å². The Balaban J connectivity index is 1.03. The number of hydrogen-bond acceptors (Lipinski definition) is 9. The number of anilines is 1. The number of rotatable bonds is 15. The minimum Gasteiger partial charge on any atom is -0.484 e. The number of benzene rings is 3. The Bertz CT molecular complexity index is 1710. The highest BCUT2D eigenvalue weighted by Crippen LogP contribution is 2.46. The SMILES string of the molecule is Cc1ccc(N2C(=O)C(SCC(O)c3ccc4c(c3)OCO4)C2c2ccc(OCC(=O)NCC(=O)N[C@H](CC3CCCCC3)C(=O)O)cc2)cc1. The van der Waals surface area contributed by atoms with Crippen LogP contribution in [0.5, 0.6) is 17.2 Å². The summed E-state index contributed by atoms with van der Waals surface area (Å²) in [6.45, 7) is 1.42. The minimum atomic E-state index is -1.08. The zero-order valence-electron chi connectivity index (χ0n) is 28.4. The number of aliphatic carboxylic acids is 1.